The molecule has 0 radical (unpaired) electrons. The third-order valence-electron chi connectivity index (χ3n) is 3.15. The van der Waals surface area contributed by atoms with E-state index in [0.29, 0.717) is 22.0 Å². The second kappa shape index (κ2) is 6.62. The van der Waals surface area contributed by atoms with E-state index in [0.717, 1.165) is 5.69 Å². The first kappa shape index (κ1) is 16.0. The van der Waals surface area contributed by atoms with Gasteiger partial charge in [0, 0.05) is 5.02 Å². The average Bonchev–Trinajstić information content (AvgIpc) is 2.77. The summed E-state index contributed by atoms with van der Waals surface area (Å²) < 4.78 is 6.55. The number of carbonyl (C=O) groups is 1. The Hall–Kier alpha value is -2.34. The highest BCUT2D eigenvalue weighted by Crippen LogP contribution is 2.21. The molecule has 0 aliphatic rings. The second-order valence-electron chi connectivity index (χ2n) is 4.61. The number of hydrogen-bond donors (Lipinski definition) is 1. The lowest BCUT2D eigenvalue weighted by atomic mass is 10.1. The summed E-state index contributed by atoms with van der Waals surface area (Å²) >= 11 is 6.00. The van der Waals surface area contributed by atoms with Crippen LogP contribution in [0.15, 0.2) is 29.4 Å². The molecule has 0 amide bonds. The molecule has 0 unspecified atom stereocenters. The third kappa shape index (κ3) is 2.96. The molecule has 0 aliphatic heterocycles. The predicted molar refractivity (Wildman–Crippen MR) is 83.0 cm³/mol. The summed E-state index contributed by atoms with van der Waals surface area (Å²) in [6.45, 7) is 5.38. The van der Waals surface area contributed by atoms with Crippen molar-refractivity contribution in [2.24, 2.45) is 5.16 Å². The van der Waals surface area contributed by atoms with Crippen LogP contribution in [0, 0.1) is 13.8 Å². The number of aryl methyl sites for hydroxylation is 1. The lowest BCUT2D eigenvalue weighted by molar-refractivity contribution is -0.135. The van der Waals surface area contributed by atoms with Crippen LogP contribution in [0.5, 0.6) is 0 Å². The maximum Gasteiger partial charge on any atom is 0.361 e. The summed E-state index contributed by atoms with van der Waals surface area (Å²) in [6, 6.07) is 7.16. The summed E-state index contributed by atoms with van der Waals surface area (Å²) in [5.74, 6) is -0.693. The number of oxime groups is 1. The third-order valence-corrected chi connectivity index (χ3v) is 3.38. The molecule has 0 bridgehead atoms. The van der Waals surface area contributed by atoms with Crippen molar-refractivity contribution in [3.8, 4) is 5.69 Å². The second-order valence-corrected chi connectivity index (χ2v) is 5.04. The van der Waals surface area contributed by atoms with Crippen LogP contribution < -0.4 is 0 Å². The predicted octanol–water partition coefficient (Wildman–Crippen LogP) is 2.88. The van der Waals surface area contributed by atoms with Gasteiger partial charge in [0.15, 0.2) is 5.71 Å². The van der Waals surface area contributed by atoms with Crippen molar-refractivity contribution >= 4 is 23.3 Å². The van der Waals surface area contributed by atoms with Crippen LogP contribution >= 0.6 is 11.6 Å². The minimum atomic E-state index is -0.693. The zero-order valence-electron chi connectivity index (χ0n) is 12.5. The number of benzene rings is 1. The molecule has 0 atom stereocenters. The van der Waals surface area contributed by atoms with E-state index >= 15 is 0 Å². The molecule has 0 aliphatic carbocycles. The van der Waals surface area contributed by atoms with E-state index in [-0.39, 0.29) is 12.3 Å². The van der Waals surface area contributed by atoms with Gasteiger partial charge in [-0.05, 0) is 39.0 Å². The Morgan fingerprint density at radius 1 is 1.45 bits per heavy atom. The molecule has 1 aromatic heterocycles. The first-order valence-corrected chi connectivity index (χ1v) is 7.09. The number of hydrogen-bond acceptors (Lipinski definition) is 5. The highest BCUT2D eigenvalue weighted by Gasteiger charge is 2.25. The zero-order chi connectivity index (χ0) is 16.3. The van der Waals surface area contributed by atoms with Crippen LogP contribution in [0.2, 0.25) is 5.02 Å². The van der Waals surface area contributed by atoms with Gasteiger partial charge in [-0.15, -0.1) is 0 Å². The average molecular weight is 322 g/mol. The fraction of sp³-hybridized carbons (Fsp3) is 0.267. The molecule has 22 heavy (non-hydrogen) atoms. The van der Waals surface area contributed by atoms with Gasteiger partial charge in [0.05, 0.1) is 29.2 Å². The van der Waals surface area contributed by atoms with E-state index in [2.05, 4.69) is 10.3 Å². The van der Waals surface area contributed by atoms with Crippen molar-refractivity contribution in [1.82, 2.24) is 9.78 Å². The SMILES string of the molecule is CCOC(=O)/C(=N\O)c1c(C)nn(-c2cccc(Cl)c2)c1C. The fourth-order valence-electron chi connectivity index (χ4n) is 2.24. The molecule has 0 spiro atoms. The molecule has 0 saturated carbocycles. The van der Waals surface area contributed by atoms with Gasteiger partial charge >= 0.3 is 5.97 Å². The monoisotopic (exact) mass is 321 g/mol. The topological polar surface area (TPSA) is 76.7 Å². The number of esters is 1. The molecule has 2 rings (SSSR count). The first-order chi connectivity index (χ1) is 10.5. The largest absolute Gasteiger partial charge is 0.461 e. The van der Waals surface area contributed by atoms with Crippen molar-refractivity contribution in [3.63, 3.8) is 0 Å². The molecule has 116 valence electrons. The van der Waals surface area contributed by atoms with Crippen LogP contribution in [0.3, 0.4) is 0 Å². The van der Waals surface area contributed by atoms with Crippen molar-refractivity contribution < 1.29 is 14.7 Å². The smallest absolute Gasteiger partial charge is 0.361 e. The van der Waals surface area contributed by atoms with Crippen LogP contribution in [-0.4, -0.2) is 33.3 Å². The van der Waals surface area contributed by atoms with Crippen molar-refractivity contribution in [2.75, 3.05) is 6.61 Å². The summed E-state index contributed by atoms with van der Waals surface area (Å²) in [4.78, 5) is 11.9. The Balaban J connectivity index is 2.54. The Bertz CT molecular complexity index is 738. The van der Waals surface area contributed by atoms with Crippen molar-refractivity contribution in [1.29, 1.82) is 0 Å². The number of halogens is 1. The molecule has 1 heterocycles. The molecule has 1 aromatic carbocycles. The number of rotatable bonds is 4. The number of nitrogens with zero attached hydrogens (tertiary/aromatic N) is 3. The minimum absolute atomic E-state index is 0.162. The molecule has 6 nitrogen and oxygen atoms in total. The lowest BCUT2D eigenvalue weighted by Crippen LogP contribution is -2.20. The molecule has 1 N–H and O–H groups in total. The van der Waals surface area contributed by atoms with Gasteiger partial charge in [0.2, 0.25) is 0 Å². The van der Waals surface area contributed by atoms with E-state index < -0.39 is 5.97 Å². The summed E-state index contributed by atoms with van der Waals surface area (Å²) in [7, 11) is 0. The molecular weight excluding hydrogens is 306 g/mol. The standard InChI is InChI=1S/C15H16ClN3O3/c1-4-22-15(20)14(18-21)13-9(2)17-19(10(13)3)12-7-5-6-11(16)8-12/h5-8,21H,4H2,1-3H3/b18-14-. The van der Waals surface area contributed by atoms with E-state index in [9.17, 15) is 10.0 Å². The van der Waals surface area contributed by atoms with Gasteiger partial charge in [0.1, 0.15) is 0 Å². The first-order valence-electron chi connectivity index (χ1n) is 6.71. The molecule has 0 fully saturated rings. The Morgan fingerprint density at radius 3 is 2.77 bits per heavy atom. The van der Waals surface area contributed by atoms with Gasteiger partial charge in [-0.2, -0.15) is 5.10 Å². The Labute approximate surface area is 133 Å². The van der Waals surface area contributed by atoms with Gasteiger partial charge in [0.25, 0.3) is 0 Å². The van der Waals surface area contributed by atoms with Crippen LogP contribution in [0.25, 0.3) is 5.69 Å². The van der Waals surface area contributed by atoms with Crippen molar-refractivity contribution in [3.05, 3.63) is 46.2 Å². The van der Waals surface area contributed by atoms with E-state index in [1.807, 2.05) is 6.07 Å². The van der Waals surface area contributed by atoms with E-state index in [4.69, 9.17) is 16.3 Å². The number of carbonyl (C=O) groups excluding carboxylic acids is 1. The minimum Gasteiger partial charge on any atom is -0.461 e. The normalized spacial score (nSPS) is 11.5. The Morgan fingerprint density at radius 2 is 2.18 bits per heavy atom. The van der Waals surface area contributed by atoms with Gasteiger partial charge in [-0.25, -0.2) is 9.48 Å². The van der Waals surface area contributed by atoms with E-state index in [1.54, 1.807) is 43.7 Å². The maximum absolute atomic E-state index is 11.9. The van der Waals surface area contributed by atoms with Gasteiger partial charge in [-0.3, -0.25) is 0 Å². The Kier molecular flexibility index (Phi) is 4.82. The van der Waals surface area contributed by atoms with Crippen LogP contribution in [0.4, 0.5) is 0 Å². The van der Waals surface area contributed by atoms with Gasteiger partial charge in [-0.1, -0.05) is 22.8 Å². The maximum atomic E-state index is 11.9. The van der Waals surface area contributed by atoms with Crippen molar-refractivity contribution in [2.45, 2.75) is 20.8 Å². The molecular formula is C15H16ClN3O3. The number of aromatic nitrogens is 2. The molecule has 0 saturated heterocycles. The zero-order valence-corrected chi connectivity index (χ0v) is 13.3. The van der Waals surface area contributed by atoms with Gasteiger partial charge < -0.3 is 9.94 Å². The summed E-state index contributed by atoms with van der Waals surface area (Å²) in [5, 5.41) is 17.2. The highest BCUT2D eigenvalue weighted by atomic mass is 35.5. The van der Waals surface area contributed by atoms with E-state index in [1.165, 1.54) is 0 Å². The van der Waals surface area contributed by atoms with Crippen LogP contribution in [-0.2, 0) is 9.53 Å². The summed E-state index contributed by atoms with van der Waals surface area (Å²) in [6.07, 6.45) is 0. The summed E-state index contributed by atoms with van der Waals surface area (Å²) in [5.41, 5.74) is 2.24. The quantitative estimate of drug-likeness (QED) is 0.406. The number of ether oxygens (including phenoxy) is 1. The fourth-order valence-corrected chi connectivity index (χ4v) is 2.42. The van der Waals surface area contributed by atoms with Crippen LogP contribution in [0.1, 0.15) is 23.9 Å². The highest BCUT2D eigenvalue weighted by molar-refractivity contribution is 6.43. The lowest BCUT2D eigenvalue weighted by Gasteiger charge is -2.07. The molecule has 2 aromatic rings. The molecule has 7 heteroatoms.